The number of hydrogen-bond donors (Lipinski definition) is 0. The summed E-state index contributed by atoms with van der Waals surface area (Å²) in [4.78, 5) is 15.2. The molecule has 29 heavy (non-hydrogen) atoms. The zero-order valence-electron chi connectivity index (χ0n) is 16.9. The molecule has 4 rings (SSSR count). The number of aromatic nitrogens is 2. The highest BCUT2D eigenvalue weighted by molar-refractivity contribution is 5.58. The topological polar surface area (TPSA) is 38.1 Å². The molecule has 0 spiro atoms. The number of halogens is 3. The van der Waals surface area contributed by atoms with Gasteiger partial charge in [-0.2, -0.15) is 23.0 Å². The van der Waals surface area contributed by atoms with E-state index in [-0.39, 0.29) is 5.69 Å². The van der Waals surface area contributed by atoms with Crippen LogP contribution in [0.5, 0.6) is 0 Å². The van der Waals surface area contributed by atoms with Crippen LogP contribution in [0.1, 0.15) is 55.5 Å². The number of nitrogens with zero attached hydrogens (tertiary/aromatic N) is 3. The maximum absolute atomic E-state index is 13.8. The second-order valence-corrected chi connectivity index (χ2v) is 8.47. The van der Waals surface area contributed by atoms with E-state index in [1.54, 1.807) is 0 Å². The van der Waals surface area contributed by atoms with E-state index in [2.05, 4.69) is 10.00 Å². The molecule has 2 aromatic rings. The number of alkyl halides is 3. The van der Waals surface area contributed by atoms with Gasteiger partial charge in [0.25, 0.3) is 5.56 Å². The predicted molar refractivity (Wildman–Crippen MR) is 107 cm³/mol. The van der Waals surface area contributed by atoms with E-state index in [4.69, 9.17) is 0 Å². The van der Waals surface area contributed by atoms with Crippen molar-refractivity contribution in [2.45, 2.75) is 58.5 Å². The highest BCUT2D eigenvalue weighted by atomic mass is 19.4. The number of fused-ring (bicyclic) bond motifs is 1. The summed E-state index contributed by atoms with van der Waals surface area (Å²) in [7, 11) is 0. The Hall–Kier alpha value is -2.31. The van der Waals surface area contributed by atoms with Crippen molar-refractivity contribution in [1.82, 2.24) is 9.78 Å². The van der Waals surface area contributed by atoms with Gasteiger partial charge in [-0.15, -0.1) is 0 Å². The van der Waals surface area contributed by atoms with Crippen molar-refractivity contribution in [2.75, 3.05) is 18.0 Å². The minimum Gasteiger partial charge on any atom is -0.371 e. The van der Waals surface area contributed by atoms with Crippen LogP contribution in [0.4, 0.5) is 18.9 Å². The molecule has 1 saturated heterocycles. The van der Waals surface area contributed by atoms with Crippen molar-refractivity contribution >= 4 is 5.69 Å². The van der Waals surface area contributed by atoms with Gasteiger partial charge in [-0.3, -0.25) is 4.79 Å². The second kappa shape index (κ2) is 7.50. The summed E-state index contributed by atoms with van der Waals surface area (Å²) in [5.74, 6) is 0.302. The molecule has 1 aromatic carbocycles. The smallest absolute Gasteiger partial charge is 0.371 e. The molecule has 0 amide bonds. The molecule has 1 aromatic heterocycles. The van der Waals surface area contributed by atoms with E-state index in [1.807, 2.05) is 13.8 Å². The number of hydrogen-bond acceptors (Lipinski definition) is 3. The van der Waals surface area contributed by atoms with Crippen molar-refractivity contribution < 1.29 is 13.2 Å². The fourth-order valence-electron chi connectivity index (χ4n) is 4.47. The van der Waals surface area contributed by atoms with Crippen LogP contribution >= 0.6 is 0 Å². The first-order valence-corrected chi connectivity index (χ1v) is 10.4. The molecule has 0 radical (unpaired) electrons. The molecule has 2 aliphatic rings. The van der Waals surface area contributed by atoms with E-state index in [0.717, 1.165) is 60.8 Å². The largest absolute Gasteiger partial charge is 0.418 e. The second-order valence-electron chi connectivity index (χ2n) is 8.47. The Kier molecular flexibility index (Phi) is 5.17. The van der Waals surface area contributed by atoms with Crippen molar-refractivity contribution in [3.05, 3.63) is 50.9 Å². The molecule has 156 valence electrons. The summed E-state index contributed by atoms with van der Waals surface area (Å²) >= 11 is 0. The summed E-state index contributed by atoms with van der Waals surface area (Å²) in [5, 5.41) is 4.48. The van der Waals surface area contributed by atoms with Crippen LogP contribution in [0.15, 0.2) is 23.0 Å². The van der Waals surface area contributed by atoms with Crippen LogP contribution in [0, 0.1) is 5.92 Å². The Morgan fingerprint density at radius 3 is 2.41 bits per heavy atom. The average Bonchev–Trinajstić information content (AvgIpc) is 3.34. The summed E-state index contributed by atoms with van der Waals surface area (Å²) in [5.41, 5.74) is 1.67. The monoisotopic (exact) mass is 405 g/mol. The van der Waals surface area contributed by atoms with Gasteiger partial charge >= 0.3 is 6.18 Å². The number of anilines is 1. The molecular weight excluding hydrogens is 379 g/mol. The maximum atomic E-state index is 13.8. The van der Waals surface area contributed by atoms with Gasteiger partial charge in [-0.1, -0.05) is 13.8 Å². The summed E-state index contributed by atoms with van der Waals surface area (Å²) in [6.45, 7) is 5.73. The highest BCUT2D eigenvalue weighted by Crippen LogP contribution is 2.36. The lowest BCUT2D eigenvalue weighted by Crippen LogP contribution is -2.29. The number of benzene rings is 1. The average molecular weight is 405 g/mol. The molecule has 7 heteroatoms. The van der Waals surface area contributed by atoms with Crippen molar-refractivity contribution in [2.24, 2.45) is 5.92 Å². The summed E-state index contributed by atoms with van der Waals surface area (Å²) in [6.07, 6.45) is 0.363. The van der Waals surface area contributed by atoms with Gasteiger partial charge < -0.3 is 4.90 Å². The zero-order chi connectivity index (χ0) is 20.8. The first kappa shape index (κ1) is 20.0. The van der Waals surface area contributed by atoms with Gasteiger partial charge in [0, 0.05) is 24.3 Å². The van der Waals surface area contributed by atoms with Crippen LogP contribution in [-0.2, 0) is 25.4 Å². The SMILES string of the molecule is CC(C)Cc1nn(-c2cc(N3CCCC3)ccc2C(F)(F)F)c(=O)c2c1CCC2. The quantitative estimate of drug-likeness (QED) is 0.750. The van der Waals surface area contributed by atoms with E-state index < -0.39 is 17.3 Å². The van der Waals surface area contributed by atoms with Crippen LogP contribution in [0.25, 0.3) is 5.69 Å². The van der Waals surface area contributed by atoms with Crippen LogP contribution in [0.2, 0.25) is 0 Å². The Labute approximate surface area is 168 Å². The molecule has 0 bridgehead atoms. The summed E-state index contributed by atoms with van der Waals surface area (Å²) in [6, 6.07) is 4.08. The molecule has 2 heterocycles. The molecule has 0 atom stereocenters. The number of rotatable bonds is 4. The Morgan fingerprint density at radius 2 is 1.76 bits per heavy atom. The zero-order valence-corrected chi connectivity index (χ0v) is 16.9. The summed E-state index contributed by atoms with van der Waals surface area (Å²) < 4.78 is 42.4. The molecule has 0 saturated carbocycles. The van der Waals surface area contributed by atoms with E-state index in [1.165, 1.54) is 12.1 Å². The molecule has 1 aliphatic carbocycles. The third kappa shape index (κ3) is 3.79. The van der Waals surface area contributed by atoms with Crippen LogP contribution in [0.3, 0.4) is 0 Å². The van der Waals surface area contributed by atoms with E-state index in [9.17, 15) is 18.0 Å². The van der Waals surface area contributed by atoms with Gasteiger partial charge in [0.2, 0.25) is 0 Å². The van der Waals surface area contributed by atoms with Crippen LogP contribution in [-0.4, -0.2) is 22.9 Å². The van der Waals surface area contributed by atoms with Gasteiger partial charge in [-0.25, -0.2) is 0 Å². The van der Waals surface area contributed by atoms with Crippen LogP contribution < -0.4 is 10.5 Å². The Balaban J connectivity index is 1.93. The van der Waals surface area contributed by atoms with Gasteiger partial charge in [0.05, 0.1) is 16.9 Å². The third-order valence-electron chi connectivity index (χ3n) is 5.83. The van der Waals surface area contributed by atoms with Gasteiger partial charge in [0.15, 0.2) is 0 Å². The van der Waals surface area contributed by atoms with E-state index in [0.29, 0.717) is 30.0 Å². The fourth-order valence-corrected chi connectivity index (χ4v) is 4.47. The maximum Gasteiger partial charge on any atom is 0.418 e. The van der Waals surface area contributed by atoms with Crippen molar-refractivity contribution in [1.29, 1.82) is 0 Å². The molecular formula is C22H26F3N3O. The molecule has 1 aliphatic heterocycles. The highest BCUT2D eigenvalue weighted by Gasteiger charge is 2.36. The molecule has 4 nitrogen and oxygen atoms in total. The minimum absolute atomic E-state index is 0.161. The fraction of sp³-hybridized carbons (Fsp3) is 0.545. The third-order valence-corrected chi connectivity index (χ3v) is 5.83. The molecule has 1 fully saturated rings. The minimum atomic E-state index is -4.56. The molecule has 0 N–H and O–H groups in total. The van der Waals surface area contributed by atoms with E-state index >= 15 is 0 Å². The normalized spacial score (nSPS) is 16.7. The lowest BCUT2D eigenvalue weighted by molar-refractivity contribution is -0.137. The van der Waals surface area contributed by atoms with Gasteiger partial charge in [-0.05, 0) is 68.2 Å². The Morgan fingerprint density at radius 1 is 1.07 bits per heavy atom. The first-order chi connectivity index (χ1) is 13.8. The van der Waals surface area contributed by atoms with Crippen molar-refractivity contribution in [3.8, 4) is 5.69 Å². The lowest BCUT2D eigenvalue weighted by Gasteiger charge is -2.22. The Bertz CT molecular complexity index is 972. The van der Waals surface area contributed by atoms with Crippen molar-refractivity contribution in [3.63, 3.8) is 0 Å². The first-order valence-electron chi connectivity index (χ1n) is 10.4. The lowest BCUT2D eigenvalue weighted by atomic mass is 10.0. The van der Waals surface area contributed by atoms with Gasteiger partial charge in [0.1, 0.15) is 0 Å². The standard InChI is InChI=1S/C22H26F3N3O/c1-14(2)12-19-16-6-5-7-17(16)21(29)28(26-19)20-13-15(27-10-3-4-11-27)8-9-18(20)22(23,24)25/h8-9,13-14H,3-7,10-12H2,1-2H3. The molecule has 0 unspecified atom stereocenters. The predicted octanol–water partition coefficient (Wildman–Crippen LogP) is 4.54.